The van der Waals surface area contributed by atoms with Gasteiger partial charge in [0, 0.05) is 6.20 Å². The van der Waals surface area contributed by atoms with Crippen molar-refractivity contribution in [2.45, 2.75) is 13.3 Å². The van der Waals surface area contributed by atoms with Crippen molar-refractivity contribution >= 4 is 21.9 Å². The number of carboxylic acid groups (broad SMARTS) is 1. The minimum atomic E-state index is -0.895. The van der Waals surface area contributed by atoms with E-state index in [1.807, 2.05) is 0 Å². The van der Waals surface area contributed by atoms with E-state index in [1.54, 1.807) is 13.1 Å². The van der Waals surface area contributed by atoms with Crippen LogP contribution in [0.5, 0.6) is 0 Å². The summed E-state index contributed by atoms with van der Waals surface area (Å²) in [6, 6.07) is 0. The van der Waals surface area contributed by atoms with Crippen LogP contribution in [0.3, 0.4) is 0 Å². The Bertz CT molecular complexity index is 314. The average molecular weight is 231 g/mol. The van der Waals surface area contributed by atoms with Crippen molar-refractivity contribution in [2.75, 3.05) is 0 Å². The third kappa shape index (κ3) is 2.27. The van der Waals surface area contributed by atoms with E-state index in [1.165, 1.54) is 0 Å². The lowest BCUT2D eigenvalue weighted by molar-refractivity contribution is -0.136. The second kappa shape index (κ2) is 3.62. The van der Waals surface area contributed by atoms with E-state index in [0.717, 1.165) is 0 Å². The van der Waals surface area contributed by atoms with Crippen LogP contribution in [0.15, 0.2) is 10.7 Å². The van der Waals surface area contributed by atoms with Crippen LogP contribution in [0.4, 0.5) is 0 Å². The van der Waals surface area contributed by atoms with Crippen LogP contribution in [0.1, 0.15) is 11.5 Å². The average Bonchev–Trinajstić information content (AvgIpc) is 1.96. The number of rotatable bonds is 2. The zero-order valence-electron chi connectivity index (χ0n) is 6.41. The first kappa shape index (κ1) is 9.12. The van der Waals surface area contributed by atoms with Crippen LogP contribution < -0.4 is 0 Å². The van der Waals surface area contributed by atoms with Gasteiger partial charge in [-0.05, 0) is 22.9 Å². The van der Waals surface area contributed by atoms with Crippen molar-refractivity contribution in [2.24, 2.45) is 0 Å². The van der Waals surface area contributed by atoms with Crippen molar-refractivity contribution in [3.8, 4) is 0 Å². The molecule has 1 N–H and O–H groups in total. The molecule has 0 aliphatic rings. The van der Waals surface area contributed by atoms with E-state index in [2.05, 4.69) is 25.9 Å². The molecule has 64 valence electrons. The van der Waals surface area contributed by atoms with E-state index in [9.17, 15) is 4.79 Å². The summed E-state index contributed by atoms with van der Waals surface area (Å²) in [5.41, 5.74) is 0.509. The van der Waals surface area contributed by atoms with Crippen LogP contribution in [-0.4, -0.2) is 21.0 Å². The van der Waals surface area contributed by atoms with Gasteiger partial charge in [0.15, 0.2) is 0 Å². The lowest BCUT2D eigenvalue weighted by Crippen LogP contribution is -2.04. The van der Waals surface area contributed by atoms with Gasteiger partial charge in [-0.1, -0.05) is 0 Å². The van der Waals surface area contributed by atoms with E-state index in [0.29, 0.717) is 16.0 Å². The molecule has 0 saturated heterocycles. The molecule has 0 saturated carbocycles. The summed E-state index contributed by atoms with van der Waals surface area (Å²) in [7, 11) is 0. The molecule has 0 atom stereocenters. The lowest BCUT2D eigenvalue weighted by Gasteiger charge is -1.99. The number of hydrogen-bond donors (Lipinski definition) is 1. The first-order valence-electron chi connectivity index (χ1n) is 3.29. The number of aromatic nitrogens is 2. The fraction of sp³-hybridized carbons (Fsp3) is 0.286. The van der Waals surface area contributed by atoms with Gasteiger partial charge < -0.3 is 5.11 Å². The molecule has 0 fully saturated rings. The minimum Gasteiger partial charge on any atom is -0.481 e. The number of halogens is 1. The zero-order valence-corrected chi connectivity index (χ0v) is 8.00. The predicted molar refractivity (Wildman–Crippen MR) is 45.8 cm³/mol. The van der Waals surface area contributed by atoms with Crippen molar-refractivity contribution in [3.05, 3.63) is 22.2 Å². The smallest absolute Gasteiger partial charge is 0.309 e. The Labute approximate surface area is 77.8 Å². The molecular weight excluding hydrogens is 224 g/mol. The molecule has 0 amide bonds. The number of hydrogen-bond acceptors (Lipinski definition) is 3. The van der Waals surface area contributed by atoms with Gasteiger partial charge in [0.25, 0.3) is 0 Å². The Balaban J connectivity index is 2.97. The highest BCUT2D eigenvalue weighted by Crippen LogP contribution is 2.13. The van der Waals surface area contributed by atoms with Gasteiger partial charge in [-0.3, -0.25) is 4.79 Å². The van der Waals surface area contributed by atoms with Crippen molar-refractivity contribution in [1.82, 2.24) is 9.97 Å². The first-order valence-corrected chi connectivity index (χ1v) is 4.08. The predicted octanol–water partition coefficient (Wildman–Crippen LogP) is 1.17. The minimum absolute atomic E-state index is 0.0794. The summed E-state index contributed by atoms with van der Waals surface area (Å²) >= 11 is 3.17. The van der Waals surface area contributed by atoms with Gasteiger partial charge in [-0.2, -0.15) is 0 Å². The molecule has 0 aliphatic carbocycles. The molecule has 5 heteroatoms. The molecular formula is C7H7BrN2O2. The summed E-state index contributed by atoms with van der Waals surface area (Å²) in [4.78, 5) is 18.2. The van der Waals surface area contributed by atoms with E-state index in [-0.39, 0.29) is 6.42 Å². The van der Waals surface area contributed by atoms with E-state index >= 15 is 0 Å². The highest BCUT2D eigenvalue weighted by atomic mass is 79.9. The topological polar surface area (TPSA) is 63.1 Å². The van der Waals surface area contributed by atoms with Crippen LogP contribution >= 0.6 is 15.9 Å². The Hall–Kier alpha value is -0.970. The lowest BCUT2D eigenvalue weighted by atomic mass is 10.3. The molecule has 12 heavy (non-hydrogen) atoms. The summed E-state index contributed by atoms with van der Waals surface area (Å²) in [5.74, 6) is -0.316. The molecule has 0 radical (unpaired) electrons. The number of carbonyl (C=O) groups is 1. The quantitative estimate of drug-likeness (QED) is 0.829. The maximum absolute atomic E-state index is 10.4. The molecule has 1 heterocycles. The van der Waals surface area contributed by atoms with E-state index < -0.39 is 5.97 Å². The molecule has 1 aromatic heterocycles. The fourth-order valence-corrected chi connectivity index (χ4v) is 1.10. The first-order chi connectivity index (χ1) is 5.59. The molecule has 0 spiro atoms. The Morgan fingerprint density at radius 2 is 2.42 bits per heavy atom. The molecule has 1 rings (SSSR count). The highest BCUT2D eigenvalue weighted by molar-refractivity contribution is 9.10. The standard InChI is InChI=1S/C7H7BrN2O2/c1-4-9-3-5(8)6(10-4)2-7(11)12/h3H,2H2,1H3,(H,11,12). The molecule has 0 unspecified atom stereocenters. The normalized spacial score (nSPS) is 9.83. The third-order valence-corrected chi connectivity index (χ3v) is 1.92. The summed E-state index contributed by atoms with van der Waals surface area (Å²) in [6.45, 7) is 1.72. The number of aliphatic carboxylic acids is 1. The van der Waals surface area contributed by atoms with Crippen molar-refractivity contribution < 1.29 is 9.90 Å². The number of carboxylic acids is 1. The van der Waals surface area contributed by atoms with Crippen LogP contribution in [0, 0.1) is 6.92 Å². The Morgan fingerprint density at radius 3 is 3.00 bits per heavy atom. The van der Waals surface area contributed by atoms with Gasteiger partial charge >= 0.3 is 5.97 Å². The van der Waals surface area contributed by atoms with Gasteiger partial charge in [0.2, 0.25) is 0 Å². The largest absolute Gasteiger partial charge is 0.481 e. The SMILES string of the molecule is Cc1ncc(Br)c(CC(=O)O)n1. The van der Waals surface area contributed by atoms with Crippen molar-refractivity contribution in [1.29, 1.82) is 0 Å². The van der Waals surface area contributed by atoms with Gasteiger partial charge in [-0.15, -0.1) is 0 Å². The molecule has 0 aromatic carbocycles. The Morgan fingerprint density at radius 1 is 1.75 bits per heavy atom. The fourth-order valence-electron chi connectivity index (χ4n) is 0.769. The summed E-state index contributed by atoms with van der Waals surface area (Å²) < 4.78 is 0.635. The maximum Gasteiger partial charge on any atom is 0.309 e. The van der Waals surface area contributed by atoms with Crippen molar-refractivity contribution in [3.63, 3.8) is 0 Å². The molecule has 1 aromatic rings. The van der Waals surface area contributed by atoms with Crippen LogP contribution in [-0.2, 0) is 11.2 Å². The maximum atomic E-state index is 10.4. The summed E-state index contributed by atoms with van der Waals surface area (Å²) in [6.07, 6.45) is 1.48. The third-order valence-electron chi connectivity index (χ3n) is 1.26. The summed E-state index contributed by atoms with van der Waals surface area (Å²) in [5, 5.41) is 8.50. The van der Waals surface area contributed by atoms with Crippen LogP contribution in [0.2, 0.25) is 0 Å². The van der Waals surface area contributed by atoms with Gasteiger partial charge in [0.1, 0.15) is 5.82 Å². The van der Waals surface area contributed by atoms with E-state index in [4.69, 9.17) is 5.11 Å². The number of nitrogens with zero attached hydrogens (tertiary/aromatic N) is 2. The van der Waals surface area contributed by atoms with Gasteiger partial charge in [-0.25, -0.2) is 9.97 Å². The number of aryl methyl sites for hydroxylation is 1. The van der Waals surface area contributed by atoms with Crippen LogP contribution in [0.25, 0.3) is 0 Å². The monoisotopic (exact) mass is 230 g/mol. The zero-order chi connectivity index (χ0) is 9.14. The highest BCUT2D eigenvalue weighted by Gasteiger charge is 2.06. The molecule has 0 aliphatic heterocycles. The molecule has 4 nitrogen and oxygen atoms in total. The molecule has 0 bridgehead atoms. The second-order valence-electron chi connectivity index (χ2n) is 2.28. The van der Waals surface area contributed by atoms with Gasteiger partial charge in [0.05, 0.1) is 16.6 Å². The Kier molecular flexibility index (Phi) is 2.75. The second-order valence-corrected chi connectivity index (χ2v) is 3.14.